The maximum absolute atomic E-state index is 12.5. The predicted octanol–water partition coefficient (Wildman–Crippen LogP) is 3.23. The zero-order valence-electron chi connectivity index (χ0n) is 17.9. The van der Waals surface area contributed by atoms with E-state index in [0.29, 0.717) is 43.6 Å². The second kappa shape index (κ2) is 11.1. The number of rotatable bonds is 11. The van der Waals surface area contributed by atoms with Gasteiger partial charge in [-0.25, -0.2) is 4.98 Å². The van der Waals surface area contributed by atoms with Gasteiger partial charge in [-0.15, -0.1) is 0 Å². The van der Waals surface area contributed by atoms with Gasteiger partial charge in [-0.1, -0.05) is 24.3 Å². The van der Waals surface area contributed by atoms with Crippen LogP contribution in [-0.4, -0.2) is 47.7 Å². The summed E-state index contributed by atoms with van der Waals surface area (Å²) >= 11 is 0. The summed E-state index contributed by atoms with van der Waals surface area (Å²) in [7, 11) is 0. The molecule has 1 heterocycles. The molecular weight excluding hydrogens is 396 g/mol. The highest BCUT2D eigenvalue weighted by molar-refractivity contribution is 6.00. The van der Waals surface area contributed by atoms with Gasteiger partial charge in [0, 0.05) is 19.8 Å². The van der Waals surface area contributed by atoms with Gasteiger partial charge in [-0.05, 0) is 44.5 Å². The summed E-state index contributed by atoms with van der Waals surface area (Å²) in [6.45, 7) is 6.03. The second-order valence-electron chi connectivity index (χ2n) is 6.79. The molecule has 2 amide bonds. The molecule has 0 fully saturated rings. The Labute approximate surface area is 181 Å². The Morgan fingerprint density at radius 1 is 1.03 bits per heavy atom. The van der Waals surface area contributed by atoms with Gasteiger partial charge < -0.3 is 19.4 Å². The second-order valence-corrected chi connectivity index (χ2v) is 6.79. The van der Waals surface area contributed by atoms with Crippen LogP contribution in [-0.2, 0) is 16.1 Å². The lowest BCUT2D eigenvalue weighted by atomic mass is 10.2. The molecule has 0 atom stereocenters. The average molecular weight is 425 g/mol. The maximum atomic E-state index is 12.5. The van der Waals surface area contributed by atoms with Crippen molar-refractivity contribution in [1.82, 2.24) is 14.9 Å². The number of para-hydroxylation sites is 3. The van der Waals surface area contributed by atoms with Crippen molar-refractivity contribution in [3.63, 3.8) is 0 Å². The number of imidazole rings is 1. The average Bonchev–Trinajstić information content (AvgIpc) is 3.12. The van der Waals surface area contributed by atoms with E-state index in [9.17, 15) is 9.59 Å². The first-order valence-electron chi connectivity index (χ1n) is 10.5. The number of aromatic nitrogens is 2. The largest absolute Gasteiger partial charge is 0.493 e. The van der Waals surface area contributed by atoms with Gasteiger partial charge in [0.15, 0.2) is 0 Å². The fourth-order valence-electron chi connectivity index (χ4n) is 3.23. The first-order valence-corrected chi connectivity index (χ1v) is 10.5. The number of aryl methyl sites for hydroxylation is 1. The van der Waals surface area contributed by atoms with Crippen molar-refractivity contribution in [1.29, 1.82) is 0 Å². The monoisotopic (exact) mass is 424 g/mol. The van der Waals surface area contributed by atoms with Gasteiger partial charge in [-0.3, -0.25) is 14.9 Å². The first kappa shape index (κ1) is 22.3. The fourth-order valence-corrected chi connectivity index (χ4v) is 3.23. The number of amides is 2. The Morgan fingerprint density at radius 2 is 1.81 bits per heavy atom. The smallest absolute Gasteiger partial charge is 0.255 e. The molecule has 0 saturated carbocycles. The standard InChI is InChI=1S/C23H28N4O4/c1-3-30-15-9-14-27-19-12-7-6-11-18(19)25-23(27)26-21(28)16-24-22(29)17-10-5-8-13-20(17)31-4-2/h5-8,10-13H,3-4,9,14-16H2,1-2H3,(H,24,29)(H,25,26,28). The van der Waals surface area contributed by atoms with E-state index in [1.165, 1.54) is 0 Å². The lowest BCUT2D eigenvalue weighted by Crippen LogP contribution is -2.33. The van der Waals surface area contributed by atoms with E-state index < -0.39 is 0 Å². The minimum absolute atomic E-state index is 0.179. The SMILES string of the molecule is CCOCCCn1c(NC(=O)CNC(=O)c2ccccc2OCC)nc2ccccc21. The van der Waals surface area contributed by atoms with E-state index >= 15 is 0 Å². The lowest BCUT2D eigenvalue weighted by Gasteiger charge is -2.12. The highest BCUT2D eigenvalue weighted by Gasteiger charge is 2.16. The fraction of sp³-hybridized carbons (Fsp3) is 0.348. The number of hydrogen-bond donors (Lipinski definition) is 2. The van der Waals surface area contributed by atoms with Crippen LogP contribution in [0.2, 0.25) is 0 Å². The number of benzene rings is 2. The Hall–Kier alpha value is -3.39. The zero-order chi connectivity index (χ0) is 22.1. The number of nitrogens with zero attached hydrogens (tertiary/aromatic N) is 2. The Bertz CT molecular complexity index is 1030. The third-order valence-corrected chi connectivity index (χ3v) is 4.62. The van der Waals surface area contributed by atoms with Crippen molar-refractivity contribution < 1.29 is 19.1 Å². The molecule has 0 aliphatic rings. The molecule has 0 saturated heterocycles. The summed E-state index contributed by atoms with van der Waals surface area (Å²) < 4.78 is 12.9. The van der Waals surface area contributed by atoms with Gasteiger partial charge in [0.25, 0.3) is 5.91 Å². The zero-order valence-corrected chi connectivity index (χ0v) is 17.9. The molecule has 1 aromatic heterocycles. The van der Waals surface area contributed by atoms with E-state index in [-0.39, 0.29) is 18.4 Å². The Kier molecular flexibility index (Phi) is 8.00. The van der Waals surface area contributed by atoms with E-state index in [4.69, 9.17) is 9.47 Å². The molecular formula is C23H28N4O4. The maximum Gasteiger partial charge on any atom is 0.255 e. The summed E-state index contributed by atoms with van der Waals surface area (Å²) in [5.74, 6) is 0.207. The number of hydrogen-bond acceptors (Lipinski definition) is 5. The number of nitrogens with one attached hydrogen (secondary N) is 2. The number of ether oxygens (including phenoxy) is 2. The van der Waals surface area contributed by atoms with Crippen LogP contribution >= 0.6 is 0 Å². The molecule has 164 valence electrons. The lowest BCUT2D eigenvalue weighted by molar-refractivity contribution is -0.115. The van der Waals surface area contributed by atoms with E-state index in [1.807, 2.05) is 42.7 Å². The van der Waals surface area contributed by atoms with Crippen LogP contribution in [0.5, 0.6) is 5.75 Å². The number of fused-ring (bicyclic) bond motifs is 1. The van der Waals surface area contributed by atoms with E-state index in [2.05, 4.69) is 15.6 Å². The van der Waals surface area contributed by atoms with Crippen LogP contribution in [0.25, 0.3) is 11.0 Å². The quantitative estimate of drug-likeness (QED) is 0.461. The highest BCUT2D eigenvalue weighted by Crippen LogP contribution is 2.20. The molecule has 31 heavy (non-hydrogen) atoms. The van der Waals surface area contributed by atoms with Crippen LogP contribution in [0.4, 0.5) is 5.95 Å². The third kappa shape index (κ3) is 5.82. The first-order chi connectivity index (χ1) is 15.1. The van der Waals surface area contributed by atoms with Crippen molar-refractivity contribution in [2.24, 2.45) is 0 Å². The van der Waals surface area contributed by atoms with Crippen LogP contribution in [0, 0.1) is 0 Å². The predicted molar refractivity (Wildman–Crippen MR) is 119 cm³/mol. The summed E-state index contributed by atoms with van der Waals surface area (Å²) in [4.78, 5) is 29.6. The summed E-state index contributed by atoms with van der Waals surface area (Å²) in [6, 6.07) is 14.6. The van der Waals surface area contributed by atoms with Crippen LogP contribution in [0.15, 0.2) is 48.5 Å². The molecule has 2 aromatic carbocycles. The molecule has 8 nitrogen and oxygen atoms in total. The number of carbonyl (C=O) groups excluding carboxylic acids is 2. The van der Waals surface area contributed by atoms with Crippen molar-refractivity contribution >= 4 is 28.8 Å². The molecule has 8 heteroatoms. The van der Waals surface area contributed by atoms with Gasteiger partial charge >= 0.3 is 0 Å². The highest BCUT2D eigenvalue weighted by atomic mass is 16.5. The van der Waals surface area contributed by atoms with Gasteiger partial charge in [0.1, 0.15) is 5.75 Å². The summed E-state index contributed by atoms with van der Waals surface area (Å²) in [5, 5.41) is 5.46. The van der Waals surface area contributed by atoms with Crippen molar-refractivity contribution in [3.05, 3.63) is 54.1 Å². The van der Waals surface area contributed by atoms with Gasteiger partial charge in [0.05, 0.1) is 29.7 Å². The molecule has 0 aliphatic carbocycles. The van der Waals surface area contributed by atoms with Crippen molar-refractivity contribution in [2.45, 2.75) is 26.8 Å². The molecule has 3 rings (SSSR count). The normalized spacial score (nSPS) is 10.8. The Morgan fingerprint density at radius 3 is 2.61 bits per heavy atom. The topological polar surface area (TPSA) is 94.5 Å². The van der Waals surface area contributed by atoms with Crippen LogP contribution in [0.3, 0.4) is 0 Å². The molecule has 0 bridgehead atoms. The van der Waals surface area contributed by atoms with Gasteiger partial charge in [-0.2, -0.15) is 0 Å². The molecule has 0 unspecified atom stereocenters. The molecule has 0 spiro atoms. The van der Waals surface area contributed by atoms with E-state index in [0.717, 1.165) is 17.5 Å². The van der Waals surface area contributed by atoms with E-state index in [1.54, 1.807) is 24.3 Å². The minimum atomic E-state index is -0.371. The molecule has 0 radical (unpaired) electrons. The summed E-state index contributed by atoms with van der Waals surface area (Å²) in [5.41, 5.74) is 2.12. The van der Waals surface area contributed by atoms with Crippen molar-refractivity contribution in [3.8, 4) is 5.75 Å². The number of carbonyl (C=O) groups is 2. The van der Waals surface area contributed by atoms with Crippen LogP contribution < -0.4 is 15.4 Å². The summed E-state index contributed by atoms with van der Waals surface area (Å²) in [6.07, 6.45) is 0.794. The minimum Gasteiger partial charge on any atom is -0.493 e. The Balaban J connectivity index is 1.65. The molecule has 2 N–H and O–H groups in total. The molecule has 0 aliphatic heterocycles. The van der Waals surface area contributed by atoms with Gasteiger partial charge in [0.2, 0.25) is 11.9 Å². The number of anilines is 1. The third-order valence-electron chi connectivity index (χ3n) is 4.62. The van der Waals surface area contributed by atoms with Crippen LogP contribution in [0.1, 0.15) is 30.6 Å². The van der Waals surface area contributed by atoms with Crippen molar-refractivity contribution in [2.75, 3.05) is 31.7 Å². The molecule has 3 aromatic rings.